The van der Waals surface area contributed by atoms with Crippen LogP contribution in [-0.2, 0) is 59.2 Å². The minimum Gasteiger partial charge on any atom is -0.370 e. The summed E-state index contributed by atoms with van der Waals surface area (Å²) < 4.78 is 0. The van der Waals surface area contributed by atoms with Crippen molar-refractivity contribution in [2.45, 2.75) is 96.3 Å². The number of amides is 9. The lowest BCUT2D eigenvalue weighted by atomic mass is 9.97. The van der Waals surface area contributed by atoms with Crippen LogP contribution in [-0.4, -0.2) is 138 Å². The lowest BCUT2D eigenvalue weighted by Crippen LogP contribution is -2.58. The quantitative estimate of drug-likeness (QED) is 0.0448. The number of hydrogen-bond donors (Lipinski definition) is 10. The van der Waals surface area contributed by atoms with Gasteiger partial charge in [0.25, 0.3) is 0 Å². The highest BCUT2D eigenvalue weighted by molar-refractivity contribution is 5.97. The van der Waals surface area contributed by atoms with Crippen LogP contribution in [0.25, 0.3) is 10.9 Å². The Balaban J connectivity index is 1.61. The van der Waals surface area contributed by atoms with Crippen molar-refractivity contribution in [3.63, 3.8) is 0 Å². The van der Waals surface area contributed by atoms with Gasteiger partial charge in [0.2, 0.25) is 53.2 Å². The van der Waals surface area contributed by atoms with Gasteiger partial charge in [0, 0.05) is 49.3 Å². The van der Waals surface area contributed by atoms with Crippen LogP contribution in [0, 0.1) is 5.92 Å². The van der Waals surface area contributed by atoms with Gasteiger partial charge in [0.15, 0.2) is 0 Å². The highest BCUT2D eigenvalue weighted by Gasteiger charge is 2.36. The molecular formula is C41H59N11O11. The first-order valence-corrected chi connectivity index (χ1v) is 20.8. The number of hydrogen-bond acceptors (Lipinski definition) is 12. The van der Waals surface area contributed by atoms with Crippen LogP contribution in [0.1, 0.15) is 71.3 Å². The van der Waals surface area contributed by atoms with Gasteiger partial charge in [-0.25, -0.2) is 0 Å². The third-order valence-electron chi connectivity index (χ3n) is 10.4. The van der Waals surface area contributed by atoms with Gasteiger partial charge in [-0.05, 0) is 43.7 Å². The van der Waals surface area contributed by atoms with E-state index in [1.807, 2.05) is 24.3 Å². The topological polar surface area (TPSA) is 343 Å². The number of carbonyl (C=O) groups is 11. The molecule has 1 aromatic carbocycles. The van der Waals surface area contributed by atoms with Gasteiger partial charge in [0.1, 0.15) is 35.7 Å². The molecular weight excluding hydrogens is 823 g/mol. The molecule has 0 saturated carbocycles. The molecule has 1 saturated heterocycles. The number of ketones is 2. The van der Waals surface area contributed by atoms with Crippen molar-refractivity contribution in [3.8, 4) is 0 Å². The van der Waals surface area contributed by atoms with E-state index in [4.69, 9.17) is 11.5 Å². The first-order chi connectivity index (χ1) is 29.9. The van der Waals surface area contributed by atoms with Gasteiger partial charge < -0.3 is 58.6 Å². The van der Waals surface area contributed by atoms with Gasteiger partial charge in [-0.3, -0.25) is 52.7 Å². The fourth-order valence-electron chi connectivity index (χ4n) is 6.66. The lowest BCUT2D eigenvalue weighted by Gasteiger charge is -2.27. The number of aromatic nitrogens is 1. The number of Topliss-reactive ketones (excluding diaryl/α,β-unsaturated/α-hetero) is 2. The molecule has 2 heterocycles. The fraction of sp³-hybridized carbons (Fsp3) is 0.537. The van der Waals surface area contributed by atoms with E-state index in [2.05, 4.69) is 42.2 Å². The summed E-state index contributed by atoms with van der Waals surface area (Å²) >= 11 is 0. The number of benzene rings is 1. The van der Waals surface area contributed by atoms with Crippen LogP contribution in [0.4, 0.5) is 0 Å². The third-order valence-corrected chi connectivity index (χ3v) is 10.4. The van der Waals surface area contributed by atoms with Crippen molar-refractivity contribution in [3.05, 3.63) is 36.0 Å². The molecule has 63 heavy (non-hydrogen) atoms. The van der Waals surface area contributed by atoms with Gasteiger partial charge >= 0.3 is 0 Å². The predicted molar refractivity (Wildman–Crippen MR) is 226 cm³/mol. The number of nitrogens with zero attached hydrogens (tertiary/aromatic N) is 1. The van der Waals surface area contributed by atoms with E-state index in [1.165, 1.54) is 11.8 Å². The molecule has 9 amide bonds. The van der Waals surface area contributed by atoms with Crippen LogP contribution < -0.4 is 48.7 Å². The number of H-pyrrole nitrogens is 1. The summed E-state index contributed by atoms with van der Waals surface area (Å²) in [7, 11) is 0. The van der Waals surface area contributed by atoms with Crippen LogP contribution in [0.3, 0.4) is 0 Å². The lowest BCUT2D eigenvalue weighted by molar-refractivity contribution is -0.140. The number of aromatic amines is 1. The molecule has 5 atom stereocenters. The average molecular weight is 882 g/mol. The molecule has 2 aromatic rings. The monoisotopic (exact) mass is 881 g/mol. The Morgan fingerprint density at radius 2 is 1.44 bits per heavy atom. The van der Waals surface area contributed by atoms with Crippen LogP contribution in [0.5, 0.6) is 0 Å². The van der Waals surface area contributed by atoms with Crippen molar-refractivity contribution in [1.82, 2.24) is 47.1 Å². The zero-order valence-corrected chi connectivity index (χ0v) is 35.8. The van der Waals surface area contributed by atoms with Crippen molar-refractivity contribution in [1.29, 1.82) is 0 Å². The minimum absolute atomic E-state index is 0.0570. The second kappa shape index (κ2) is 25.3. The summed E-state index contributed by atoms with van der Waals surface area (Å²) in [5, 5.41) is 18.3. The Hall–Kier alpha value is -6.71. The number of nitrogens with two attached hydrogens (primary N) is 2. The molecule has 3 rings (SSSR count). The maximum Gasteiger partial charge on any atom is 0.243 e. The van der Waals surface area contributed by atoms with Crippen molar-refractivity contribution in [2.24, 2.45) is 17.4 Å². The number of likely N-dealkylation sites (tertiary alicyclic amines) is 1. The highest BCUT2D eigenvalue weighted by atomic mass is 16.2. The maximum atomic E-state index is 13.8. The van der Waals surface area contributed by atoms with E-state index in [0.29, 0.717) is 12.8 Å². The van der Waals surface area contributed by atoms with Crippen molar-refractivity contribution in [2.75, 3.05) is 39.3 Å². The van der Waals surface area contributed by atoms with Crippen LogP contribution >= 0.6 is 0 Å². The van der Waals surface area contributed by atoms with Gasteiger partial charge in [-0.1, -0.05) is 38.5 Å². The number of rotatable bonds is 26. The van der Waals surface area contributed by atoms with E-state index < -0.39 is 103 Å². The van der Waals surface area contributed by atoms with Crippen LogP contribution in [0.2, 0.25) is 0 Å². The van der Waals surface area contributed by atoms with Gasteiger partial charge in [0.05, 0.1) is 32.7 Å². The summed E-state index contributed by atoms with van der Waals surface area (Å²) in [6, 6.07) is 2.68. The molecule has 0 aliphatic carbocycles. The molecule has 1 aliphatic heterocycles. The minimum atomic E-state index is -1.37. The van der Waals surface area contributed by atoms with Crippen molar-refractivity contribution < 1.29 is 52.7 Å². The standard InChI is InChI=1S/C41H59N11O11/c1-4-23(2)37(41(63)50-30(39(61)47-18-24(3)53)16-25-19-44-28-9-6-5-8-27(25)28)51-35(58)21-48-38(60)29(12-13-32(43)55)49-40(62)31-10-7-15-52(31)36(59)22-46-34(57)20-45-33(56)14-11-26(54)17-42/h5-6,8-9,19,23,29-31,37,44H,4,7,10-18,20-22,42H2,1-3H3,(H2,43,55)(H,45,56)(H,46,57)(H,47,61)(H,48,60)(H,49,62)(H,50,63)(H,51,58). The number of fused-ring (bicyclic) bond motifs is 1. The highest BCUT2D eigenvalue weighted by Crippen LogP contribution is 2.20. The molecule has 0 spiro atoms. The number of carbonyl (C=O) groups excluding carboxylic acids is 11. The first kappa shape index (κ1) is 50.6. The SMILES string of the molecule is CCC(C)C(NC(=O)CNC(=O)C(CCC(N)=O)NC(=O)C1CCCN1C(=O)CNC(=O)CNC(=O)CCC(=O)CN)C(=O)NC(Cc1c[nH]c2ccccc12)C(=O)NCC(C)=O. The number of nitrogens with one attached hydrogen (secondary N) is 8. The smallest absolute Gasteiger partial charge is 0.243 e. The summed E-state index contributed by atoms with van der Waals surface area (Å²) in [4.78, 5) is 143. The maximum absolute atomic E-state index is 13.8. The molecule has 5 unspecified atom stereocenters. The zero-order valence-electron chi connectivity index (χ0n) is 35.8. The molecule has 0 bridgehead atoms. The second-order valence-electron chi connectivity index (χ2n) is 15.3. The van der Waals surface area contributed by atoms with E-state index in [0.717, 1.165) is 16.5 Å². The number of para-hydroxylation sites is 1. The van der Waals surface area contributed by atoms with E-state index in [-0.39, 0.29) is 69.7 Å². The Bertz CT molecular complexity index is 2020. The van der Waals surface area contributed by atoms with Gasteiger partial charge in [-0.2, -0.15) is 0 Å². The largest absolute Gasteiger partial charge is 0.370 e. The fourth-order valence-corrected chi connectivity index (χ4v) is 6.66. The summed E-state index contributed by atoms with van der Waals surface area (Å²) in [5.74, 6) is -7.36. The Morgan fingerprint density at radius 1 is 0.778 bits per heavy atom. The Kier molecular flexibility index (Phi) is 20.3. The summed E-state index contributed by atoms with van der Waals surface area (Å²) in [6.45, 7) is 2.90. The van der Waals surface area contributed by atoms with E-state index >= 15 is 0 Å². The molecule has 344 valence electrons. The Labute approximate surface area is 363 Å². The predicted octanol–water partition coefficient (Wildman–Crippen LogP) is -3.17. The normalized spacial score (nSPS) is 15.2. The zero-order chi connectivity index (χ0) is 46.6. The molecule has 12 N–H and O–H groups in total. The molecule has 22 nitrogen and oxygen atoms in total. The third kappa shape index (κ3) is 16.6. The number of primary amides is 1. The first-order valence-electron chi connectivity index (χ1n) is 20.8. The molecule has 1 fully saturated rings. The van der Waals surface area contributed by atoms with E-state index in [1.54, 1.807) is 20.0 Å². The summed E-state index contributed by atoms with van der Waals surface area (Å²) in [6.07, 6.45) is 2.04. The van der Waals surface area contributed by atoms with Crippen molar-refractivity contribution >= 4 is 75.6 Å². The van der Waals surface area contributed by atoms with E-state index in [9.17, 15) is 52.7 Å². The van der Waals surface area contributed by atoms with Crippen LogP contribution in [0.15, 0.2) is 30.5 Å². The molecule has 0 radical (unpaired) electrons. The second-order valence-corrected chi connectivity index (χ2v) is 15.3. The molecule has 1 aromatic heterocycles. The summed E-state index contributed by atoms with van der Waals surface area (Å²) in [5.41, 5.74) is 12.1. The Morgan fingerprint density at radius 3 is 2.13 bits per heavy atom. The average Bonchev–Trinajstić information content (AvgIpc) is 3.93. The van der Waals surface area contributed by atoms with Gasteiger partial charge in [-0.15, -0.1) is 0 Å². The molecule has 1 aliphatic rings. The molecule has 22 heteroatoms.